The molecule has 0 aromatic heterocycles. The lowest BCUT2D eigenvalue weighted by atomic mass is 9.89. The van der Waals surface area contributed by atoms with Crippen LogP contribution in [-0.4, -0.2) is 30.3 Å². The van der Waals surface area contributed by atoms with Crippen LogP contribution in [0.5, 0.6) is 0 Å². The predicted octanol–water partition coefficient (Wildman–Crippen LogP) is 3.77. The number of hydrogen-bond acceptors (Lipinski definition) is 2. The summed E-state index contributed by atoms with van der Waals surface area (Å²) in [5.41, 5.74) is 0.220. The minimum absolute atomic E-state index is 0.105. The number of ketones is 1. The molecule has 2 nitrogen and oxygen atoms in total. The highest BCUT2D eigenvalue weighted by molar-refractivity contribution is 5.97. The van der Waals surface area contributed by atoms with Gasteiger partial charge in [0, 0.05) is 0 Å². The van der Waals surface area contributed by atoms with E-state index in [1.54, 1.807) is 18.2 Å². The lowest BCUT2D eigenvalue weighted by molar-refractivity contribution is 0.0928. The number of carbonyl (C=O) groups is 1. The number of carbonyl (C=O) groups excluding carboxylic acids is 1. The number of rotatable bonds is 4. The van der Waals surface area contributed by atoms with Gasteiger partial charge in [0.25, 0.3) is 0 Å². The van der Waals surface area contributed by atoms with E-state index in [0.717, 1.165) is 31.8 Å². The third kappa shape index (κ3) is 3.89. The second-order valence-corrected chi connectivity index (χ2v) is 6.11. The van der Waals surface area contributed by atoms with Crippen LogP contribution >= 0.6 is 0 Å². The van der Waals surface area contributed by atoms with E-state index in [1.165, 1.54) is 12.5 Å². The molecule has 1 aliphatic rings. The van der Waals surface area contributed by atoms with E-state index in [1.807, 2.05) is 0 Å². The normalized spacial score (nSPS) is 20.9. The van der Waals surface area contributed by atoms with E-state index in [2.05, 4.69) is 18.7 Å². The van der Waals surface area contributed by atoms with Crippen LogP contribution in [0.15, 0.2) is 24.3 Å². The van der Waals surface area contributed by atoms with Gasteiger partial charge in [-0.2, -0.15) is 0 Å². The Balaban J connectivity index is 1.94. The topological polar surface area (TPSA) is 20.3 Å². The Kier molecular flexibility index (Phi) is 5.30. The highest BCUT2D eigenvalue weighted by Gasteiger charge is 2.21. The van der Waals surface area contributed by atoms with E-state index in [0.29, 0.717) is 12.5 Å². The van der Waals surface area contributed by atoms with Crippen molar-refractivity contribution in [3.05, 3.63) is 35.6 Å². The van der Waals surface area contributed by atoms with Gasteiger partial charge in [0.1, 0.15) is 5.82 Å². The van der Waals surface area contributed by atoms with Crippen molar-refractivity contribution >= 4 is 5.78 Å². The minimum Gasteiger partial charge on any atom is -0.296 e. The summed E-state index contributed by atoms with van der Waals surface area (Å²) in [6.07, 6.45) is 3.51. The number of nitrogens with zero attached hydrogens (tertiary/aromatic N) is 1. The summed E-state index contributed by atoms with van der Waals surface area (Å²) in [4.78, 5) is 14.4. The minimum atomic E-state index is -0.410. The van der Waals surface area contributed by atoms with Crippen molar-refractivity contribution in [3.63, 3.8) is 0 Å². The first-order valence-corrected chi connectivity index (χ1v) is 7.58. The molecule has 0 amide bonds. The van der Waals surface area contributed by atoms with Crippen LogP contribution in [0, 0.1) is 17.7 Å². The van der Waals surface area contributed by atoms with Gasteiger partial charge in [0.15, 0.2) is 5.78 Å². The van der Waals surface area contributed by atoms with Crippen molar-refractivity contribution in [1.82, 2.24) is 4.90 Å². The summed E-state index contributed by atoms with van der Waals surface area (Å²) >= 11 is 0. The van der Waals surface area contributed by atoms with Crippen molar-refractivity contribution in [2.75, 3.05) is 19.6 Å². The van der Waals surface area contributed by atoms with Gasteiger partial charge in [-0.3, -0.25) is 9.69 Å². The number of Topliss-reactive ketones (excluding diaryl/α,β-unsaturated/α-hetero) is 1. The summed E-state index contributed by atoms with van der Waals surface area (Å²) < 4.78 is 13.6. The van der Waals surface area contributed by atoms with E-state index in [4.69, 9.17) is 0 Å². The Morgan fingerprint density at radius 3 is 2.75 bits per heavy atom. The zero-order chi connectivity index (χ0) is 14.5. The molecule has 20 heavy (non-hydrogen) atoms. The lowest BCUT2D eigenvalue weighted by Gasteiger charge is -2.20. The van der Waals surface area contributed by atoms with Gasteiger partial charge < -0.3 is 0 Å². The molecule has 110 valence electrons. The molecule has 0 spiro atoms. The highest BCUT2D eigenvalue weighted by Crippen LogP contribution is 2.24. The Hall–Kier alpha value is -1.22. The Morgan fingerprint density at radius 1 is 1.30 bits per heavy atom. The van der Waals surface area contributed by atoms with Gasteiger partial charge >= 0.3 is 0 Å². The van der Waals surface area contributed by atoms with Gasteiger partial charge in [0.05, 0.1) is 12.1 Å². The fraction of sp³-hybridized carbons (Fsp3) is 0.588. The largest absolute Gasteiger partial charge is 0.296 e. The van der Waals surface area contributed by atoms with Crippen LogP contribution in [0.1, 0.15) is 43.5 Å². The first-order chi connectivity index (χ1) is 9.58. The second-order valence-electron chi connectivity index (χ2n) is 6.11. The first-order valence-electron chi connectivity index (χ1n) is 7.58. The van der Waals surface area contributed by atoms with E-state index in [-0.39, 0.29) is 11.3 Å². The van der Waals surface area contributed by atoms with Gasteiger partial charge in [-0.15, -0.1) is 0 Å². The molecule has 1 atom stereocenters. The average Bonchev–Trinajstić information content (AvgIpc) is 2.65. The molecular weight excluding hydrogens is 253 g/mol. The van der Waals surface area contributed by atoms with E-state index >= 15 is 0 Å². The molecule has 0 saturated carbocycles. The molecule has 1 aromatic carbocycles. The quantitative estimate of drug-likeness (QED) is 0.781. The van der Waals surface area contributed by atoms with E-state index in [9.17, 15) is 9.18 Å². The monoisotopic (exact) mass is 277 g/mol. The molecule has 3 heteroatoms. The maximum absolute atomic E-state index is 13.6. The Labute approximate surface area is 121 Å². The van der Waals surface area contributed by atoms with Crippen LogP contribution in [0.3, 0.4) is 0 Å². The Morgan fingerprint density at radius 2 is 2.05 bits per heavy atom. The predicted molar refractivity (Wildman–Crippen MR) is 79.3 cm³/mol. The molecule has 0 aliphatic carbocycles. The Bertz CT molecular complexity index is 458. The van der Waals surface area contributed by atoms with Crippen LogP contribution < -0.4 is 0 Å². The van der Waals surface area contributed by atoms with Crippen LogP contribution in [0.25, 0.3) is 0 Å². The molecule has 0 bridgehead atoms. The number of halogens is 1. The summed E-state index contributed by atoms with van der Waals surface area (Å²) in [6.45, 7) is 6.77. The molecular formula is C17H24FNO. The lowest BCUT2D eigenvalue weighted by Crippen LogP contribution is -2.31. The van der Waals surface area contributed by atoms with Gasteiger partial charge in [-0.05, 0) is 56.3 Å². The number of benzene rings is 1. The van der Waals surface area contributed by atoms with Gasteiger partial charge in [-0.25, -0.2) is 4.39 Å². The second kappa shape index (κ2) is 6.98. The standard InChI is InChI=1S/C17H24FNO/c1-13(2)14-6-5-10-19(11-9-14)12-17(20)15-7-3-4-8-16(15)18/h3-4,7-8,13-14H,5-6,9-12H2,1-2H3. The summed E-state index contributed by atoms with van der Waals surface area (Å²) in [7, 11) is 0. The fourth-order valence-electron chi connectivity index (χ4n) is 2.98. The zero-order valence-electron chi connectivity index (χ0n) is 12.4. The molecule has 1 saturated heterocycles. The third-order valence-electron chi connectivity index (χ3n) is 4.35. The van der Waals surface area contributed by atoms with Crippen molar-refractivity contribution in [1.29, 1.82) is 0 Å². The van der Waals surface area contributed by atoms with Crippen molar-refractivity contribution in [2.24, 2.45) is 11.8 Å². The fourth-order valence-corrected chi connectivity index (χ4v) is 2.98. The van der Waals surface area contributed by atoms with Crippen molar-refractivity contribution < 1.29 is 9.18 Å². The molecule has 0 N–H and O–H groups in total. The zero-order valence-corrected chi connectivity index (χ0v) is 12.4. The number of hydrogen-bond donors (Lipinski definition) is 0. The first kappa shape index (κ1) is 15.2. The van der Waals surface area contributed by atoms with Crippen molar-refractivity contribution in [3.8, 4) is 0 Å². The smallest absolute Gasteiger partial charge is 0.179 e. The van der Waals surface area contributed by atoms with Crippen LogP contribution in [-0.2, 0) is 0 Å². The maximum Gasteiger partial charge on any atom is 0.179 e. The number of likely N-dealkylation sites (tertiary alicyclic amines) is 1. The van der Waals surface area contributed by atoms with E-state index < -0.39 is 5.82 Å². The molecule has 1 aromatic rings. The molecule has 1 aliphatic heterocycles. The van der Waals surface area contributed by atoms with Gasteiger partial charge in [0.2, 0.25) is 0 Å². The van der Waals surface area contributed by atoms with Crippen LogP contribution in [0.4, 0.5) is 4.39 Å². The maximum atomic E-state index is 13.6. The molecule has 1 heterocycles. The summed E-state index contributed by atoms with van der Waals surface area (Å²) in [5, 5.41) is 0. The average molecular weight is 277 g/mol. The SMILES string of the molecule is CC(C)C1CCCN(CC(=O)c2ccccc2F)CC1. The highest BCUT2D eigenvalue weighted by atomic mass is 19.1. The molecule has 1 fully saturated rings. The van der Waals surface area contributed by atoms with Crippen molar-refractivity contribution in [2.45, 2.75) is 33.1 Å². The molecule has 0 radical (unpaired) electrons. The molecule has 1 unspecified atom stereocenters. The van der Waals surface area contributed by atoms with Crippen LogP contribution in [0.2, 0.25) is 0 Å². The summed E-state index contributed by atoms with van der Waals surface area (Å²) in [6, 6.07) is 6.26. The third-order valence-corrected chi connectivity index (χ3v) is 4.35. The van der Waals surface area contributed by atoms with Gasteiger partial charge in [-0.1, -0.05) is 26.0 Å². The molecule has 2 rings (SSSR count). The summed E-state index contributed by atoms with van der Waals surface area (Å²) in [5.74, 6) is 0.944.